The summed E-state index contributed by atoms with van der Waals surface area (Å²) in [5.74, 6) is 0.0207. The van der Waals surface area contributed by atoms with Crippen molar-refractivity contribution in [1.29, 1.82) is 0 Å². The second kappa shape index (κ2) is 10.3. The first-order chi connectivity index (χ1) is 15.2. The molecule has 3 rings (SSSR count). The Morgan fingerprint density at radius 3 is 2.81 bits per heavy atom. The Morgan fingerprint density at radius 2 is 2.16 bits per heavy atom. The number of carbonyl (C=O) groups excluding carboxylic acids is 2. The van der Waals surface area contributed by atoms with Crippen LogP contribution in [0.3, 0.4) is 0 Å². The number of ether oxygens (including phenoxy) is 2. The Balaban J connectivity index is 1.61. The third kappa shape index (κ3) is 6.18. The molecule has 0 aliphatic carbocycles. The molecular weight excluding hydrogens is 433 g/mol. The minimum Gasteiger partial charge on any atom is -0.493 e. The number of nitrogens with zero attached hydrogens (tertiary/aromatic N) is 2. The van der Waals surface area contributed by atoms with Crippen molar-refractivity contribution in [1.82, 2.24) is 10.3 Å². The van der Waals surface area contributed by atoms with Crippen molar-refractivity contribution in [3.8, 4) is 5.75 Å². The molecule has 0 spiro atoms. The first-order valence-electron chi connectivity index (χ1n) is 10.7. The molecule has 0 saturated heterocycles. The van der Waals surface area contributed by atoms with Crippen LogP contribution in [0, 0.1) is 11.8 Å². The third-order valence-electron chi connectivity index (χ3n) is 5.23. The molecule has 0 fully saturated rings. The van der Waals surface area contributed by atoms with Crippen LogP contribution in [0.4, 0.5) is 14.3 Å². The zero-order chi connectivity index (χ0) is 23.3. The van der Waals surface area contributed by atoms with Gasteiger partial charge in [0, 0.05) is 36.1 Å². The number of alkyl halides is 1. The Labute approximate surface area is 191 Å². The normalized spacial score (nSPS) is 15.7. The van der Waals surface area contributed by atoms with Crippen molar-refractivity contribution < 1.29 is 23.5 Å². The van der Waals surface area contributed by atoms with E-state index in [0.29, 0.717) is 29.4 Å². The van der Waals surface area contributed by atoms with Gasteiger partial charge in [-0.1, -0.05) is 6.92 Å². The number of hydrogen-bond donors (Lipinski definition) is 1. The molecule has 0 saturated carbocycles. The molecule has 1 aliphatic heterocycles. The second-order valence-electron chi connectivity index (χ2n) is 8.93. The van der Waals surface area contributed by atoms with Crippen molar-refractivity contribution in [2.24, 2.45) is 11.8 Å². The van der Waals surface area contributed by atoms with E-state index in [0.717, 1.165) is 5.56 Å². The highest BCUT2D eigenvalue weighted by Gasteiger charge is 2.27. The summed E-state index contributed by atoms with van der Waals surface area (Å²) < 4.78 is 24.5. The number of hydrogen-bond acceptors (Lipinski definition) is 6. The van der Waals surface area contributed by atoms with Gasteiger partial charge in [-0.05, 0) is 56.9 Å². The Hall–Kier alpha value is -2.68. The van der Waals surface area contributed by atoms with E-state index in [9.17, 15) is 14.0 Å². The van der Waals surface area contributed by atoms with Gasteiger partial charge in [0.05, 0.1) is 13.3 Å². The number of halogens is 1. The van der Waals surface area contributed by atoms with Gasteiger partial charge in [-0.2, -0.15) is 0 Å². The molecule has 0 radical (unpaired) electrons. The van der Waals surface area contributed by atoms with E-state index in [-0.39, 0.29) is 30.9 Å². The molecule has 174 valence electrons. The van der Waals surface area contributed by atoms with Crippen LogP contribution in [-0.4, -0.2) is 49.0 Å². The Bertz CT molecular complexity index is 930. The summed E-state index contributed by atoms with van der Waals surface area (Å²) >= 11 is 1.44. The lowest BCUT2D eigenvalue weighted by atomic mass is 9.96. The number of alkyl carbamates (subject to hydrolysis) is 1. The van der Waals surface area contributed by atoms with E-state index < -0.39 is 18.4 Å². The highest BCUT2D eigenvalue weighted by Crippen LogP contribution is 2.28. The highest BCUT2D eigenvalue weighted by molar-refractivity contribution is 7.13. The number of rotatable bonds is 8. The molecule has 9 heteroatoms. The van der Waals surface area contributed by atoms with Gasteiger partial charge in [-0.3, -0.25) is 14.1 Å². The van der Waals surface area contributed by atoms with Crippen molar-refractivity contribution >= 4 is 28.5 Å². The van der Waals surface area contributed by atoms with E-state index in [2.05, 4.69) is 10.3 Å². The molecule has 32 heavy (non-hydrogen) atoms. The smallest absolute Gasteiger partial charge is 0.407 e. The average molecular weight is 464 g/mol. The SMILES string of the molecule is CC(CF)C(CNC(=O)OC(C)(C)C)COc1ccc2c(c1)CCN(c1nccs1)C2=O. The molecule has 2 heterocycles. The van der Waals surface area contributed by atoms with Gasteiger partial charge >= 0.3 is 6.09 Å². The summed E-state index contributed by atoms with van der Waals surface area (Å²) in [6, 6.07) is 5.38. The molecule has 2 amide bonds. The highest BCUT2D eigenvalue weighted by atomic mass is 32.1. The van der Waals surface area contributed by atoms with Crippen LogP contribution in [0.1, 0.15) is 43.6 Å². The fourth-order valence-electron chi connectivity index (χ4n) is 3.37. The lowest BCUT2D eigenvalue weighted by Gasteiger charge is -2.27. The van der Waals surface area contributed by atoms with Gasteiger partial charge in [-0.25, -0.2) is 9.78 Å². The Kier molecular flexibility index (Phi) is 7.71. The fraction of sp³-hybridized carbons (Fsp3) is 0.522. The van der Waals surface area contributed by atoms with Gasteiger partial charge in [0.2, 0.25) is 0 Å². The quantitative estimate of drug-likeness (QED) is 0.625. The molecule has 2 atom stereocenters. The number of thiazole rings is 1. The molecule has 2 aromatic rings. The van der Waals surface area contributed by atoms with Gasteiger partial charge in [0.1, 0.15) is 11.4 Å². The number of aromatic nitrogens is 1. The van der Waals surface area contributed by atoms with Gasteiger partial charge in [-0.15, -0.1) is 11.3 Å². The summed E-state index contributed by atoms with van der Waals surface area (Å²) in [6.45, 7) is 7.66. The van der Waals surface area contributed by atoms with Crippen LogP contribution in [0.5, 0.6) is 5.75 Å². The summed E-state index contributed by atoms with van der Waals surface area (Å²) in [7, 11) is 0. The molecule has 2 unspecified atom stereocenters. The predicted octanol–water partition coefficient (Wildman–Crippen LogP) is 4.47. The number of anilines is 1. The lowest BCUT2D eigenvalue weighted by Crippen LogP contribution is -2.39. The Morgan fingerprint density at radius 1 is 1.38 bits per heavy atom. The molecule has 1 aromatic carbocycles. The zero-order valence-electron chi connectivity index (χ0n) is 18.9. The molecular formula is C23H30FN3O4S. The largest absolute Gasteiger partial charge is 0.493 e. The third-order valence-corrected chi connectivity index (χ3v) is 6.02. The summed E-state index contributed by atoms with van der Waals surface area (Å²) in [6.07, 6.45) is 1.85. The maximum atomic E-state index is 13.3. The topological polar surface area (TPSA) is 80.8 Å². The molecule has 1 N–H and O–H groups in total. The second-order valence-corrected chi connectivity index (χ2v) is 9.80. The predicted molar refractivity (Wildman–Crippen MR) is 122 cm³/mol. The summed E-state index contributed by atoms with van der Waals surface area (Å²) in [5.41, 5.74) is 0.957. The number of carbonyl (C=O) groups is 2. The van der Waals surface area contributed by atoms with E-state index in [1.165, 1.54) is 11.3 Å². The van der Waals surface area contributed by atoms with Crippen LogP contribution < -0.4 is 15.0 Å². The first kappa shape index (κ1) is 24.0. The lowest BCUT2D eigenvalue weighted by molar-refractivity contribution is 0.0502. The van der Waals surface area contributed by atoms with Crippen molar-refractivity contribution in [2.75, 3.05) is 31.3 Å². The minimum atomic E-state index is -0.600. The van der Waals surface area contributed by atoms with E-state index in [1.54, 1.807) is 50.9 Å². The van der Waals surface area contributed by atoms with Crippen molar-refractivity contribution in [3.63, 3.8) is 0 Å². The average Bonchev–Trinajstić information content (AvgIpc) is 3.26. The summed E-state index contributed by atoms with van der Waals surface area (Å²) in [4.78, 5) is 30.7. The van der Waals surface area contributed by atoms with Gasteiger partial charge in [0.15, 0.2) is 5.13 Å². The number of nitrogens with one attached hydrogen (secondary N) is 1. The monoisotopic (exact) mass is 463 g/mol. The van der Waals surface area contributed by atoms with Crippen LogP contribution in [0.25, 0.3) is 0 Å². The molecule has 0 bridgehead atoms. The maximum absolute atomic E-state index is 13.3. The van der Waals surface area contributed by atoms with Crippen LogP contribution >= 0.6 is 11.3 Å². The molecule has 7 nitrogen and oxygen atoms in total. The van der Waals surface area contributed by atoms with Crippen LogP contribution in [0.15, 0.2) is 29.8 Å². The van der Waals surface area contributed by atoms with Crippen LogP contribution in [0.2, 0.25) is 0 Å². The zero-order valence-corrected chi connectivity index (χ0v) is 19.7. The van der Waals surface area contributed by atoms with E-state index >= 15 is 0 Å². The van der Waals surface area contributed by atoms with Crippen LogP contribution in [-0.2, 0) is 11.2 Å². The maximum Gasteiger partial charge on any atom is 0.407 e. The first-order valence-corrected chi connectivity index (χ1v) is 11.6. The van der Waals surface area contributed by atoms with E-state index in [4.69, 9.17) is 9.47 Å². The number of fused-ring (bicyclic) bond motifs is 1. The standard InChI is InChI=1S/C23H30FN3O4S/c1-15(12-24)17(13-26-22(29)31-23(2,3)4)14-30-18-5-6-19-16(11-18)7-9-27(20(19)28)21-25-8-10-32-21/h5-6,8,10-11,15,17H,7,9,12-14H2,1-4H3,(H,26,29). The fourth-order valence-corrected chi connectivity index (χ4v) is 4.04. The molecule has 1 aromatic heterocycles. The minimum absolute atomic E-state index is 0.0711. The number of amides is 2. The van der Waals surface area contributed by atoms with E-state index in [1.807, 2.05) is 11.4 Å². The summed E-state index contributed by atoms with van der Waals surface area (Å²) in [5, 5.41) is 5.25. The number of benzene rings is 1. The van der Waals surface area contributed by atoms with Crippen molar-refractivity contribution in [2.45, 2.75) is 39.7 Å². The van der Waals surface area contributed by atoms with Crippen molar-refractivity contribution in [3.05, 3.63) is 40.9 Å². The van der Waals surface area contributed by atoms with Gasteiger partial charge in [0.25, 0.3) is 5.91 Å². The molecule has 1 aliphatic rings. The van der Waals surface area contributed by atoms with Gasteiger partial charge < -0.3 is 14.8 Å².